The van der Waals surface area contributed by atoms with E-state index in [1.807, 2.05) is 43.1 Å². The molecular formula is C16H20FN3. The molecule has 2 N–H and O–H groups in total. The van der Waals surface area contributed by atoms with Gasteiger partial charge in [-0.15, -0.1) is 0 Å². The molecule has 0 radical (unpaired) electrons. The lowest BCUT2D eigenvalue weighted by atomic mass is 10.1. The first-order valence-electron chi connectivity index (χ1n) is 6.71. The molecule has 0 bridgehead atoms. The summed E-state index contributed by atoms with van der Waals surface area (Å²) in [6, 6.07) is 11.0. The zero-order valence-electron chi connectivity index (χ0n) is 11.9. The van der Waals surface area contributed by atoms with E-state index < -0.39 is 0 Å². The van der Waals surface area contributed by atoms with Crippen LogP contribution in [0.4, 0.5) is 10.1 Å². The van der Waals surface area contributed by atoms with Crippen molar-refractivity contribution in [1.82, 2.24) is 4.98 Å². The second-order valence-corrected chi connectivity index (χ2v) is 4.98. The lowest BCUT2D eigenvalue weighted by molar-refractivity contribution is 0.624. The van der Waals surface area contributed by atoms with Crippen LogP contribution in [-0.4, -0.2) is 18.6 Å². The molecule has 0 unspecified atom stereocenters. The number of pyridine rings is 1. The number of nitrogens with two attached hydrogens (primary N) is 1. The van der Waals surface area contributed by atoms with Gasteiger partial charge in [-0.05, 0) is 55.8 Å². The van der Waals surface area contributed by atoms with E-state index >= 15 is 0 Å². The first kappa shape index (κ1) is 14.5. The van der Waals surface area contributed by atoms with Crippen LogP contribution in [0.25, 0.3) is 0 Å². The van der Waals surface area contributed by atoms with Gasteiger partial charge < -0.3 is 10.6 Å². The third-order valence-electron chi connectivity index (χ3n) is 3.16. The second-order valence-electron chi connectivity index (χ2n) is 4.98. The molecule has 1 aromatic heterocycles. The zero-order chi connectivity index (χ0) is 14.5. The monoisotopic (exact) mass is 273 g/mol. The van der Waals surface area contributed by atoms with Crippen molar-refractivity contribution in [1.29, 1.82) is 0 Å². The Morgan fingerprint density at radius 1 is 1.25 bits per heavy atom. The number of hydrogen-bond donors (Lipinski definition) is 1. The van der Waals surface area contributed by atoms with Crippen molar-refractivity contribution < 1.29 is 4.39 Å². The van der Waals surface area contributed by atoms with Crippen molar-refractivity contribution >= 4 is 5.69 Å². The van der Waals surface area contributed by atoms with Crippen LogP contribution < -0.4 is 10.6 Å². The van der Waals surface area contributed by atoms with E-state index in [1.165, 1.54) is 12.1 Å². The van der Waals surface area contributed by atoms with E-state index in [9.17, 15) is 4.39 Å². The van der Waals surface area contributed by atoms with Gasteiger partial charge in [0.1, 0.15) is 5.82 Å². The van der Waals surface area contributed by atoms with Gasteiger partial charge in [0.05, 0.1) is 12.2 Å². The van der Waals surface area contributed by atoms with Gasteiger partial charge >= 0.3 is 0 Å². The number of rotatable bonds is 5. The molecule has 0 aliphatic rings. The first-order valence-corrected chi connectivity index (χ1v) is 6.71. The molecule has 1 heterocycles. The minimum absolute atomic E-state index is 0.227. The highest BCUT2D eigenvalue weighted by molar-refractivity contribution is 5.48. The van der Waals surface area contributed by atoms with Crippen molar-refractivity contribution in [3.8, 4) is 0 Å². The van der Waals surface area contributed by atoms with Crippen molar-refractivity contribution in [3.05, 3.63) is 59.2 Å². The van der Waals surface area contributed by atoms with Crippen LogP contribution in [0.3, 0.4) is 0 Å². The fourth-order valence-electron chi connectivity index (χ4n) is 2.19. The van der Waals surface area contributed by atoms with Crippen LogP contribution in [0.15, 0.2) is 36.4 Å². The smallest absolute Gasteiger partial charge is 0.125 e. The Morgan fingerprint density at radius 2 is 2.05 bits per heavy atom. The summed E-state index contributed by atoms with van der Waals surface area (Å²) < 4.78 is 13.6. The first-order chi connectivity index (χ1) is 9.58. The largest absolute Gasteiger partial charge is 0.369 e. The predicted molar refractivity (Wildman–Crippen MR) is 80.2 cm³/mol. The van der Waals surface area contributed by atoms with Crippen LogP contribution in [-0.2, 0) is 13.0 Å². The summed E-state index contributed by atoms with van der Waals surface area (Å²) in [6.07, 6.45) is 0.682. The van der Waals surface area contributed by atoms with Crippen LogP contribution in [0.5, 0.6) is 0 Å². The average molecular weight is 273 g/mol. The molecule has 2 aromatic rings. The number of benzene rings is 1. The average Bonchev–Trinajstić information content (AvgIpc) is 2.38. The predicted octanol–water partition coefficient (Wildman–Crippen LogP) is 2.67. The Balaban J connectivity index is 2.18. The Kier molecular flexibility index (Phi) is 4.69. The summed E-state index contributed by atoms with van der Waals surface area (Å²) in [5.41, 5.74) is 9.25. The molecule has 20 heavy (non-hydrogen) atoms. The van der Waals surface area contributed by atoms with E-state index in [0.717, 1.165) is 22.6 Å². The normalized spacial score (nSPS) is 10.6. The molecule has 106 valence electrons. The second kappa shape index (κ2) is 6.48. The van der Waals surface area contributed by atoms with Crippen molar-refractivity contribution in [2.45, 2.75) is 19.9 Å². The van der Waals surface area contributed by atoms with Gasteiger partial charge in [-0.3, -0.25) is 4.98 Å². The molecule has 0 atom stereocenters. The fraction of sp³-hybridized carbons (Fsp3) is 0.312. The molecule has 1 aromatic carbocycles. The Labute approximate surface area is 119 Å². The molecular weight excluding hydrogens is 253 g/mol. The van der Waals surface area contributed by atoms with Crippen LogP contribution in [0.2, 0.25) is 0 Å². The van der Waals surface area contributed by atoms with Gasteiger partial charge in [0.25, 0.3) is 0 Å². The van der Waals surface area contributed by atoms with E-state index in [0.29, 0.717) is 19.5 Å². The summed E-state index contributed by atoms with van der Waals surface area (Å²) in [4.78, 5) is 6.46. The Morgan fingerprint density at radius 3 is 2.75 bits per heavy atom. The van der Waals surface area contributed by atoms with Gasteiger partial charge in [0.15, 0.2) is 0 Å². The highest BCUT2D eigenvalue weighted by Gasteiger charge is 2.07. The lowest BCUT2D eigenvalue weighted by Crippen LogP contribution is -2.18. The van der Waals surface area contributed by atoms with Crippen LogP contribution in [0, 0.1) is 12.7 Å². The number of halogens is 1. The molecule has 0 fully saturated rings. The summed E-state index contributed by atoms with van der Waals surface area (Å²) in [6.45, 7) is 3.13. The number of hydrogen-bond acceptors (Lipinski definition) is 3. The SMILES string of the molecule is Cc1cccc(CN(C)c2cc(F)cc(CCN)c2)n1. The molecule has 0 spiro atoms. The molecule has 0 aliphatic carbocycles. The van der Waals surface area contributed by atoms with E-state index in [4.69, 9.17) is 5.73 Å². The lowest BCUT2D eigenvalue weighted by Gasteiger charge is -2.20. The molecule has 4 heteroatoms. The number of aromatic nitrogens is 1. The maximum absolute atomic E-state index is 13.6. The molecule has 3 nitrogen and oxygen atoms in total. The fourth-order valence-corrected chi connectivity index (χ4v) is 2.19. The topological polar surface area (TPSA) is 42.1 Å². The van der Waals surface area contributed by atoms with Crippen LogP contribution in [0.1, 0.15) is 17.0 Å². The minimum Gasteiger partial charge on any atom is -0.369 e. The Bertz CT molecular complexity index is 584. The van der Waals surface area contributed by atoms with Gasteiger partial charge in [0.2, 0.25) is 0 Å². The maximum atomic E-state index is 13.6. The van der Waals surface area contributed by atoms with Gasteiger partial charge in [-0.25, -0.2) is 4.39 Å². The van der Waals surface area contributed by atoms with Crippen LogP contribution >= 0.6 is 0 Å². The van der Waals surface area contributed by atoms with E-state index in [2.05, 4.69) is 4.98 Å². The molecule has 0 aliphatic heterocycles. The number of nitrogens with zero attached hydrogens (tertiary/aromatic N) is 2. The number of aryl methyl sites for hydroxylation is 1. The van der Waals surface area contributed by atoms with Crippen molar-refractivity contribution in [2.24, 2.45) is 5.73 Å². The molecule has 0 saturated carbocycles. The quantitative estimate of drug-likeness (QED) is 0.910. The van der Waals surface area contributed by atoms with Crippen molar-refractivity contribution in [2.75, 3.05) is 18.5 Å². The maximum Gasteiger partial charge on any atom is 0.125 e. The molecule has 0 saturated heterocycles. The van der Waals surface area contributed by atoms with Crippen molar-refractivity contribution in [3.63, 3.8) is 0 Å². The number of anilines is 1. The zero-order valence-corrected chi connectivity index (χ0v) is 11.9. The van der Waals surface area contributed by atoms with E-state index in [-0.39, 0.29) is 5.82 Å². The highest BCUT2D eigenvalue weighted by Crippen LogP contribution is 2.19. The molecule has 0 amide bonds. The summed E-state index contributed by atoms with van der Waals surface area (Å²) in [7, 11) is 1.94. The standard InChI is InChI=1S/C16H20FN3/c1-12-4-3-5-15(19-12)11-20(2)16-9-13(6-7-18)8-14(17)10-16/h3-5,8-10H,6-7,11,18H2,1-2H3. The van der Waals surface area contributed by atoms with Gasteiger partial charge in [-0.2, -0.15) is 0 Å². The summed E-state index contributed by atoms with van der Waals surface area (Å²) in [5, 5.41) is 0. The third-order valence-corrected chi connectivity index (χ3v) is 3.16. The van der Waals surface area contributed by atoms with Gasteiger partial charge in [-0.1, -0.05) is 6.07 Å². The minimum atomic E-state index is -0.227. The third kappa shape index (κ3) is 3.78. The van der Waals surface area contributed by atoms with Gasteiger partial charge in [0, 0.05) is 18.4 Å². The Hall–Kier alpha value is -1.94. The molecule has 2 rings (SSSR count). The summed E-state index contributed by atoms with van der Waals surface area (Å²) >= 11 is 0. The summed E-state index contributed by atoms with van der Waals surface area (Å²) in [5.74, 6) is -0.227. The highest BCUT2D eigenvalue weighted by atomic mass is 19.1. The van der Waals surface area contributed by atoms with E-state index in [1.54, 1.807) is 0 Å².